The number of allylic oxidation sites excluding steroid dienone is 2. The Morgan fingerprint density at radius 2 is 1.79 bits per heavy atom. The zero-order chi connectivity index (χ0) is 27.4. The number of carbonyl (C=O) groups excluding carboxylic acids is 1. The molecule has 2 heterocycles. The van der Waals surface area contributed by atoms with E-state index in [1.54, 1.807) is 0 Å². The van der Waals surface area contributed by atoms with Crippen molar-refractivity contribution in [2.75, 3.05) is 34.0 Å². The molecule has 2 aliphatic heterocycles. The number of phenols is 1. The van der Waals surface area contributed by atoms with Gasteiger partial charge in [0.05, 0.1) is 27.4 Å². The molecule has 0 bridgehead atoms. The predicted molar refractivity (Wildman–Crippen MR) is 130 cm³/mol. The summed E-state index contributed by atoms with van der Waals surface area (Å²) in [5.41, 5.74) is 1.33. The van der Waals surface area contributed by atoms with E-state index >= 15 is 0 Å². The zero-order valence-electron chi connectivity index (χ0n) is 20.9. The normalized spacial score (nSPS) is 30.6. The van der Waals surface area contributed by atoms with Crippen LogP contribution in [0.4, 0.5) is 0 Å². The van der Waals surface area contributed by atoms with Gasteiger partial charge in [0.15, 0.2) is 11.5 Å². The Morgan fingerprint density at radius 1 is 1.08 bits per heavy atom. The van der Waals surface area contributed by atoms with Gasteiger partial charge in [-0.15, -0.1) is 0 Å². The molecule has 38 heavy (non-hydrogen) atoms. The van der Waals surface area contributed by atoms with Crippen LogP contribution in [0.15, 0.2) is 41.9 Å². The fourth-order valence-electron chi connectivity index (χ4n) is 4.68. The first-order valence-electron chi connectivity index (χ1n) is 12.0. The fourth-order valence-corrected chi connectivity index (χ4v) is 4.68. The van der Waals surface area contributed by atoms with Crippen LogP contribution >= 0.6 is 0 Å². The molecule has 12 nitrogen and oxygen atoms in total. The van der Waals surface area contributed by atoms with Crippen LogP contribution in [0.3, 0.4) is 0 Å². The van der Waals surface area contributed by atoms with Crippen molar-refractivity contribution in [2.24, 2.45) is 11.8 Å². The highest BCUT2D eigenvalue weighted by Crippen LogP contribution is 2.41. The highest BCUT2D eigenvalue weighted by atomic mass is 16.7. The smallest absolute Gasteiger partial charge is 0.330 e. The number of hydrogen-bond acceptors (Lipinski definition) is 12. The molecular formula is C26H32O12. The molecule has 1 aromatic rings. The Balaban J connectivity index is 1.37. The van der Waals surface area contributed by atoms with Gasteiger partial charge in [-0.3, -0.25) is 0 Å². The van der Waals surface area contributed by atoms with E-state index in [-0.39, 0.29) is 35.7 Å². The molecule has 208 valence electrons. The van der Waals surface area contributed by atoms with Gasteiger partial charge in [0.1, 0.15) is 43.0 Å². The number of esters is 1. The number of ether oxygens (including phenoxy) is 6. The molecule has 7 atom stereocenters. The Morgan fingerprint density at radius 3 is 2.45 bits per heavy atom. The van der Waals surface area contributed by atoms with Crippen LogP contribution in [0, 0.1) is 11.8 Å². The predicted octanol–water partition coefficient (Wildman–Crippen LogP) is 0.216. The first kappa shape index (κ1) is 27.7. The summed E-state index contributed by atoms with van der Waals surface area (Å²) in [6.07, 6.45) is -0.843. The minimum Gasteiger partial charge on any atom is -0.502 e. The second-order valence-electron chi connectivity index (χ2n) is 9.11. The quantitative estimate of drug-likeness (QED) is 0.165. The van der Waals surface area contributed by atoms with E-state index in [4.69, 9.17) is 28.4 Å². The van der Waals surface area contributed by atoms with Crippen molar-refractivity contribution in [3.05, 3.63) is 47.4 Å². The van der Waals surface area contributed by atoms with Crippen LogP contribution in [-0.4, -0.2) is 96.2 Å². The lowest BCUT2D eigenvalue weighted by molar-refractivity contribution is -0.295. The molecule has 12 heteroatoms. The molecular weight excluding hydrogens is 504 g/mol. The SMILES string of the molecule is COc1cc(/C=C/C(=O)OC[C@H]2O[C@@H](OC3=COC[C@@H]4C(CO)=CC[C@H]34)[C@H](O)[C@@H](O)[C@@H]2O)cc(OC)c1O. The Kier molecular flexibility index (Phi) is 8.80. The fraction of sp³-hybridized carbons (Fsp3) is 0.500. The molecule has 0 spiro atoms. The first-order chi connectivity index (χ1) is 18.3. The van der Waals surface area contributed by atoms with Crippen LogP contribution in [0.1, 0.15) is 12.0 Å². The van der Waals surface area contributed by atoms with Crippen molar-refractivity contribution in [1.29, 1.82) is 0 Å². The van der Waals surface area contributed by atoms with Gasteiger partial charge in [0, 0.05) is 17.9 Å². The van der Waals surface area contributed by atoms with E-state index in [1.807, 2.05) is 6.08 Å². The summed E-state index contributed by atoms with van der Waals surface area (Å²) in [6.45, 7) is -0.149. The van der Waals surface area contributed by atoms with E-state index < -0.39 is 43.3 Å². The molecule has 3 aliphatic rings. The molecule has 1 aliphatic carbocycles. The summed E-state index contributed by atoms with van der Waals surface area (Å²) < 4.78 is 32.3. The third kappa shape index (κ3) is 5.74. The summed E-state index contributed by atoms with van der Waals surface area (Å²) in [5.74, 6) is -0.463. The number of phenolic OH excluding ortho intramolecular Hbond substituents is 1. The van der Waals surface area contributed by atoms with E-state index in [2.05, 4.69) is 0 Å². The number of carbonyl (C=O) groups is 1. The van der Waals surface area contributed by atoms with Crippen molar-refractivity contribution in [3.63, 3.8) is 0 Å². The van der Waals surface area contributed by atoms with Crippen LogP contribution in [-0.2, 0) is 23.7 Å². The minimum absolute atomic E-state index is 0.0756. The van der Waals surface area contributed by atoms with Crippen LogP contribution in [0.25, 0.3) is 6.08 Å². The van der Waals surface area contributed by atoms with Gasteiger partial charge in [-0.25, -0.2) is 4.79 Å². The molecule has 0 saturated carbocycles. The highest BCUT2D eigenvalue weighted by Gasteiger charge is 2.47. The molecule has 0 unspecified atom stereocenters. The average molecular weight is 537 g/mol. The van der Waals surface area contributed by atoms with Gasteiger partial charge in [0.2, 0.25) is 12.0 Å². The number of aromatic hydroxyl groups is 1. The van der Waals surface area contributed by atoms with Gasteiger partial charge < -0.3 is 54.0 Å². The topological polar surface area (TPSA) is 174 Å². The maximum absolute atomic E-state index is 12.3. The number of methoxy groups -OCH3 is 2. The van der Waals surface area contributed by atoms with E-state index in [0.29, 0.717) is 24.4 Å². The lowest BCUT2D eigenvalue weighted by Crippen LogP contribution is -2.59. The lowest BCUT2D eigenvalue weighted by atomic mass is 9.89. The van der Waals surface area contributed by atoms with Crippen molar-refractivity contribution in [2.45, 2.75) is 37.1 Å². The number of aliphatic hydroxyl groups excluding tert-OH is 4. The number of rotatable bonds is 9. The van der Waals surface area contributed by atoms with Gasteiger partial charge in [-0.1, -0.05) is 6.08 Å². The summed E-state index contributed by atoms with van der Waals surface area (Å²) in [6, 6.07) is 2.99. The number of fused-ring (bicyclic) bond motifs is 1. The largest absolute Gasteiger partial charge is 0.502 e. The van der Waals surface area contributed by atoms with Crippen LogP contribution in [0.2, 0.25) is 0 Å². The summed E-state index contributed by atoms with van der Waals surface area (Å²) in [4.78, 5) is 12.3. The van der Waals surface area contributed by atoms with Crippen molar-refractivity contribution >= 4 is 12.0 Å². The standard InChI is InChI=1S/C26H32O12/c1-33-17-7-13(8-18(34-2)22(17)29)3-6-21(28)36-12-20-23(30)24(31)25(32)26(38-20)37-19-11-35-10-16-14(9-27)4-5-15(16)19/h3-4,6-8,11,15-16,20,23-27,29-32H,5,9-10,12H2,1-2H3/b6-3+/t15-,16+,20+,23+,24-,25+,26+/m0/s1. The highest BCUT2D eigenvalue weighted by molar-refractivity contribution is 5.87. The van der Waals surface area contributed by atoms with Gasteiger partial charge in [-0.2, -0.15) is 0 Å². The Hall–Kier alpha value is -3.29. The van der Waals surface area contributed by atoms with E-state index in [1.165, 1.54) is 38.7 Å². The molecule has 0 aromatic heterocycles. The Bertz CT molecular complexity index is 1070. The maximum atomic E-state index is 12.3. The van der Waals surface area contributed by atoms with Gasteiger partial charge >= 0.3 is 5.97 Å². The third-order valence-electron chi connectivity index (χ3n) is 6.84. The molecule has 0 radical (unpaired) electrons. The van der Waals surface area contributed by atoms with Crippen LogP contribution in [0.5, 0.6) is 17.2 Å². The van der Waals surface area contributed by atoms with E-state index in [0.717, 1.165) is 11.6 Å². The molecule has 0 amide bonds. The molecule has 1 aromatic carbocycles. The number of hydrogen-bond donors (Lipinski definition) is 5. The monoisotopic (exact) mass is 536 g/mol. The Labute approximate surface area is 218 Å². The zero-order valence-corrected chi connectivity index (χ0v) is 20.9. The average Bonchev–Trinajstić information content (AvgIpc) is 3.36. The van der Waals surface area contributed by atoms with Crippen molar-refractivity contribution in [3.8, 4) is 17.2 Å². The van der Waals surface area contributed by atoms with E-state index in [9.17, 15) is 30.3 Å². The van der Waals surface area contributed by atoms with Crippen LogP contribution < -0.4 is 9.47 Å². The molecule has 5 N–H and O–H groups in total. The van der Waals surface area contributed by atoms with Gasteiger partial charge in [-0.05, 0) is 35.8 Å². The first-order valence-corrected chi connectivity index (χ1v) is 12.0. The lowest BCUT2D eigenvalue weighted by Gasteiger charge is -2.41. The molecule has 1 saturated heterocycles. The second-order valence-corrected chi connectivity index (χ2v) is 9.11. The molecule has 4 rings (SSSR count). The summed E-state index contributed by atoms with van der Waals surface area (Å²) >= 11 is 0. The maximum Gasteiger partial charge on any atom is 0.330 e. The van der Waals surface area contributed by atoms with Gasteiger partial charge in [0.25, 0.3) is 0 Å². The van der Waals surface area contributed by atoms with Crippen molar-refractivity contribution in [1.82, 2.24) is 0 Å². The third-order valence-corrected chi connectivity index (χ3v) is 6.84. The van der Waals surface area contributed by atoms with Crippen molar-refractivity contribution < 1.29 is 58.7 Å². The summed E-state index contributed by atoms with van der Waals surface area (Å²) in [5, 5.41) is 50.7. The second kappa shape index (κ2) is 12.0. The minimum atomic E-state index is -1.62. The number of benzene rings is 1. The number of aliphatic hydroxyl groups is 4. The molecule has 1 fully saturated rings. The summed E-state index contributed by atoms with van der Waals surface area (Å²) in [7, 11) is 2.75.